The molecule has 0 bridgehead atoms. The second-order valence-electron chi connectivity index (χ2n) is 8.70. The number of anilines is 1. The summed E-state index contributed by atoms with van der Waals surface area (Å²) >= 11 is 0. The number of carbonyl (C=O) groups is 1. The highest BCUT2D eigenvalue weighted by molar-refractivity contribution is 6.03. The quantitative estimate of drug-likeness (QED) is 0.541. The Hall–Kier alpha value is -3.74. The maximum Gasteiger partial charge on any atom is 0.274 e. The minimum absolute atomic E-state index is 0.00545. The monoisotopic (exact) mass is 440 g/mol. The second-order valence-corrected chi connectivity index (χ2v) is 8.70. The van der Waals surface area contributed by atoms with Gasteiger partial charge in [0.05, 0.1) is 5.54 Å². The number of hydrogen-bond acceptors (Lipinski definition) is 5. The van der Waals surface area contributed by atoms with E-state index in [0.29, 0.717) is 17.4 Å². The number of hydrogen-bond donors (Lipinski definition) is 2. The van der Waals surface area contributed by atoms with E-state index in [-0.39, 0.29) is 11.4 Å². The number of aromatic nitrogens is 4. The first kappa shape index (κ1) is 21.1. The minimum Gasteiger partial charge on any atom is -0.381 e. The summed E-state index contributed by atoms with van der Waals surface area (Å²) < 4.78 is 2.11. The van der Waals surface area contributed by atoms with E-state index < -0.39 is 0 Å². The second kappa shape index (κ2) is 8.65. The van der Waals surface area contributed by atoms with Crippen molar-refractivity contribution in [2.24, 2.45) is 0 Å². The number of allylic oxidation sites excluding steroid dienone is 2. The largest absolute Gasteiger partial charge is 0.381 e. The molecule has 33 heavy (non-hydrogen) atoms. The fraction of sp³-hybridized carbons (Fsp3) is 0.308. The highest BCUT2D eigenvalue weighted by atomic mass is 16.1. The molecule has 0 saturated heterocycles. The van der Waals surface area contributed by atoms with Crippen LogP contribution in [0.3, 0.4) is 0 Å². The Labute approximate surface area is 193 Å². The van der Waals surface area contributed by atoms with Crippen molar-refractivity contribution in [2.75, 3.05) is 5.32 Å². The molecule has 3 aromatic rings. The summed E-state index contributed by atoms with van der Waals surface area (Å²) in [6.45, 7) is 4.36. The molecule has 0 atom stereocenters. The Bertz CT molecular complexity index is 1230. The van der Waals surface area contributed by atoms with Crippen molar-refractivity contribution < 1.29 is 4.79 Å². The van der Waals surface area contributed by atoms with Crippen molar-refractivity contribution in [3.05, 3.63) is 78.5 Å². The van der Waals surface area contributed by atoms with Crippen molar-refractivity contribution in [2.45, 2.75) is 51.1 Å². The molecule has 168 valence electrons. The first-order chi connectivity index (χ1) is 16.1. The predicted molar refractivity (Wildman–Crippen MR) is 129 cm³/mol. The lowest BCUT2D eigenvalue weighted by molar-refractivity contribution is 0.102. The number of carbonyl (C=O) groups excluding carboxylic acids is 1. The number of pyridine rings is 1. The number of nitrogens with one attached hydrogen (secondary N) is 2. The van der Waals surface area contributed by atoms with Gasteiger partial charge in [-0.2, -0.15) is 0 Å². The molecule has 5 rings (SSSR count). The van der Waals surface area contributed by atoms with Crippen LogP contribution in [-0.4, -0.2) is 31.2 Å². The van der Waals surface area contributed by atoms with Gasteiger partial charge in [-0.3, -0.25) is 9.78 Å². The van der Waals surface area contributed by atoms with Gasteiger partial charge in [0.2, 0.25) is 0 Å². The Kier molecular flexibility index (Phi) is 5.54. The third-order valence-electron chi connectivity index (χ3n) is 6.58. The summed E-state index contributed by atoms with van der Waals surface area (Å²) in [5.74, 6) is 0.579. The van der Waals surface area contributed by atoms with Crippen LogP contribution in [0.15, 0.2) is 67.3 Å². The molecule has 1 fully saturated rings. The van der Waals surface area contributed by atoms with Crippen LogP contribution in [-0.2, 0) is 0 Å². The van der Waals surface area contributed by atoms with Crippen molar-refractivity contribution >= 4 is 17.2 Å². The zero-order valence-electron chi connectivity index (χ0n) is 19.0. The molecule has 2 aliphatic rings. The summed E-state index contributed by atoms with van der Waals surface area (Å²) in [7, 11) is 0. The van der Waals surface area contributed by atoms with Crippen LogP contribution < -0.4 is 10.6 Å². The fourth-order valence-electron chi connectivity index (χ4n) is 4.17. The van der Waals surface area contributed by atoms with Crippen LogP contribution in [0, 0.1) is 0 Å². The van der Waals surface area contributed by atoms with Gasteiger partial charge in [-0.15, -0.1) is 10.2 Å². The molecule has 3 heterocycles. The smallest absolute Gasteiger partial charge is 0.274 e. The Balaban J connectivity index is 1.33. The van der Waals surface area contributed by atoms with Gasteiger partial charge in [0.1, 0.15) is 12.0 Å². The van der Waals surface area contributed by atoms with E-state index >= 15 is 0 Å². The highest BCUT2D eigenvalue weighted by Crippen LogP contribution is 2.37. The Morgan fingerprint density at radius 2 is 2.03 bits per heavy atom. The van der Waals surface area contributed by atoms with Gasteiger partial charge in [0.15, 0.2) is 5.82 Å². The average Bonchev–Trinajstić information content (AvgIpc) is 3.60. The van der Waals surface area contributed by atoms with Gasteiger partial charge in [-0.1, -0.05) is 38.1 Å². The third-order valence-corrected chi connectivity index (χ3v) is 6.58. The number of dihydropyridines is 1. The number of amides is 1. The van der Waals surface area contributed by atoms with Crippen molar-refractivity contribution in [1.82, 2.24) is 25.1 Å². The summed E-state index contributed by atoms with van der Waals surface area (Å²) in [5, 5.41) is 14.8. The molecule has 7 heteroatoms. The van der Waals surface area contributed by atoms with Crippen LogP contribution in [0.2, 0.25) is 0 Å². The zero-order chi connectivity index (χ0) is 22.8. The molecule has 1 aromatic carbocycles. The molecular formula is C26H28N6O. The Morgan fingerprint density at radius 1 is 1.18 bits per heavy atom. The topological polar surface area (TPSA) is 84.7 Å². The summed E-state index contributed by atoms with van der Waals surface area (Å²) in [6, 6.07) is 11.9. The van der Waals surface area contributed by atoms with E-state index in [9.17, 15) is 4.79 Å². The molecule has 7 nitrogen and oxygen atoms in total. The highest BCUT2D eigenvalue weighted by Gasteiger charge is 2.27. The standard InChI is InChI=1S/C26H28N6O/c1-3-26(4-2)12-10-20(16-28-26)18-11-13-27-23(15-18)25(33)30-21-7-5-6-19(14-21)24-31-29-17-32(24)22-8-9-22/h5-7,10-17,22,28H,3-4,8-9H2,1-2H3,(H,30,33). The van der Waals surface area contributed by atoms with Crippen LogP contribution in [0.25, 0.3) is 17.0 Å². The summed E-state index contributed by atoms with van der Waals surface area (Å²) in [6.07, 6.45) is 14.2. The molecule has 2 N–H and O–H groups in total. The van der Waals surface area contributed by atoms with E-state index in [1.807, 2.05) is 42.6 Å². The van der Waals surface area contributed by atoms with Crippen molar-refractivity contribution in [3.8, 4) is 11.4 Å². The lowest BCUT2D eigenvalue weighted by Crippen LogP contribution is -2.40. The SMILES string of the molecule is CCC1(CC)C=CC(c2ccnc(C(=O)Nc3cccc(-c4nncn4C4CC4)c3)c2)=CN1. The molecule has 2 aromatic heterocycles. The normalized spacial score (nSPS) is 16.7. The lowest BCUT2D eigenvalue weighted by atomic mass is 9.88. The minimum atomic E-state index is -0.248. The van der Waals surface area contributed by atoms with Gasteiger partial charge >= 0.3 is 0 Å². The zero-order valence-corrected chi connectivity index (χ0v) is 19.0. The van der Waals surface area contributed by atoms with Crippen LogP contribution >= 0.6 is 0 Å². The van der Waals surface area contributed by atoms with Gasteiger partial charge < -0.3 is 15.2 Å². The van der Waals surface area contributed by atoms with Crippen LogP contribution in [0.5, 0.6) is 0 Å². The molecule has 1 amide bonds. The number of nitrogens with zero attached hydrogens (tertiary/aromatic N) is 4. The number of benzene rings is 1. The maximum atomic E-state index is 13.0. The van der Waals surface area contributed by atoms with Gasteiger partial charge in [-0.05, 0) is 61.1 Å². The molecule has 0 unspecified atom stereocenters. The predicted octanol–water partition coefficient (Wildman–Crippen LogP) is 4.99. The third kappa shape index (κ3) is 4.31. The summed E-state index contributed by atoms with van der Waals surface area (Å²) in [5.41, 5.74) is 3.99. The first-order valence-electron chi connectivity index (χ1n) is 11.6. The molecule has 1 aliphatic heterocycles. The van der Waals surface area contributed by atoms with E-state index in [4.69, 9.17) is 0 Å². The van der Waals surface area contributed by atoms with Gasteiger partial charge in [-0.25, -0.2) is 0 Å². The van der Waals surface area contributed by atoms with E-state index in [1.165, 1.54) is 0 Å². The van der Waals surface area contributed by atoms with Gasteiger partial charge in [0.25, 0.3) is 5.91 Å². The fourth-order valence-corrected chi connectivity index (χ4v) is 4.17. The molecule has 1 saturated carbocycles. The van der Waals surface area contributed by atoms with Gasteiger partial charge in [0, 0.05) is 29.7 Å². The molecular weight excluding hydrogens is 412 g/mol. The van der Waals surface area contributed by atoms with E-state index in [0.717, 1.165) is 48.2 Å². The molecule has 1 aliphatic carbocycles. The van der Waals surface area contributed by atoms with Crippen molar-refractivity contribution in [3.63, 3.8) is 0 Å². The lowest BCUT2D eigenvalue weighted by Gasteiger charge is -2.32. The molecule has 0 spiro atoms. The van der Waals surface area contributed by atoms with Crippen molar-refractivity contribution in [1.29, 1.82) is 0 Å². The van der Waals surface area contributed by atoms with E-state index in [1.54, 1.807) is 12.5 Å². The maximum absolute atomic E-state index is 13.0. The molecule has 0 radical (unpaired) electrons. The van der Waals surface area contributed by atoms with Crippen LogP contribution in [0.1, 0.15) is 61.6 Å². The average molecular weight is 441 g/mol. The first-order valence-corrected chi connectivity index (χ1v) is 11.6. The van der Waals surface area contributed by atoms with E-state index in [2.05, 4.69) is 56.4 Å². The Morgan fingerprint density at radius 3 is 2.76 bits per heavy atom. The summed E-state index contributed by atoms with van der Waals surface area (Å²) in [4.78, 5) is 17.3. The van der Waals surface area contributed by atoms with Crippen LogP contribution in [0.4, 0.5) is 5.69 Å². The number of rotatable bonds is 7.